The van der Waals surface area contributed by atoms with E-state index in [9.17, 15) is 9.59 Å². The van der Waals surface area contributed by atoms with Gasteiger partial charge in [0, 0.05) is 16.1 Å². The van der Waals surface area contributed by atoms with Crippen molar-refractivity contribution in [3.8, 4) is 0 Å². The number of aliphatic imine (C=N–C) groups is 1. The largest absolute Gasteiger partial charge is 0.345 e. The zero-order valence-electron chi connectivity index (χ0n) is 26.7. The molecule has 3 aromatic rings. The molecule has 2 amide bonds. The third-order valence-electron chi connectivity index (χ3n) is 9.13. The second-order valence-electron chi connectivity index (χ2n) is 14.5. The quantitative estimate of drug-likeness (QED) is 0.285. The summed E-state index contributed by atoms with van der Waals surface area (Å²) < 4.78 is 0. The topological polar surface area (TPSA) is 116 Å². The molecule has 2 N–H and O–H groups in total. The number of amides is 2. The van der Waals surface area contributed by atoms with E-state index >= 15 is 0 Å². The van der Waals surface area contributed by atoms with Crippen molar-refractivity contribution in [1.29, 1.82) is 0 Å². The number of hydrogen-bond acceptors (Lipinski definition) is 6. The SMILES string of the molecule is CC(C)(C)CC[C@H](c1ccc(C(=O)NCc2nn[nH]n2)cc1)N1C(=O)C(c2cccc(Cl)c2)=NC12CCC(C(C)(C)C)CC2. The number of halogens is 1. The van der Waals surface area contributed by atoms with Crippen molar-refractivity contribution in [2.75, 3.05) is 0 Å². The lowest BCUT2D eigenvalue weighted by Gasteiger charge is -2.47. The average molecular weight is 618 g/mol. The van der Waals surface area contributed by atoms with Crippen LogP contribution in [0.3, 0.4) is 0 Å². The number of nitrogens with zero attached hydrogens (tertiary/aromatic N) is 5. The minimum Gasteiger partial charge on any atom is -0.345 e. The molecule has 0 saturated heterocycles. The summed E-state index contributed by atoms with van der Waals surface area (Å²) in [4.78, 5) is 34.8. The van der Waals surface area contributed by atoms with Crippen LogP contribution in [-0.4, -0.2) is 48.7 Å². The summed E-state index contributed by atoms with van der Waals surface area (Å²) in [6.45, 7) is 13.8. The predicted molar refractivity (Wildman–Crippen MR) is 172 cm³/mol. The third kappa shape index (κ3) is 7.04. The van der Waals surface area contributed by atoms with Gasteiger partial charge in [-0.25, -0.2) is 0 Å². The first-order valence-electron chi connectivity index (χ1n) is 15.6. The Balaban J connectivity index is 1.49. The van der Waals surface area contributed by atoms with Crippen LogP contribution in [-0.2, 0) is 11.3 Å². The van der Waals surface area contributed by atoms with E-state index in [0.29, 0.717) is 28.0 Å². The van der Waals surface area contributed by atoms with Gasteiger partial charge >= 0.3 is 0 Å². The second-order valence-corrected chi connectivity index (χ2v) is 15.0. The summed E-state index contributed by atoms with van der Waals surface area (Å²) in [6, 6.07) is 14.9. The van der Waals surface area contributed by atoms with Gasteiger partial charge in [0.1, 0.15) is 11.4 Å². The van der Waals surface area contributed by atoms with Crippen molar-refractivity contribution >= 4 is 29.1 Å². The maximum Gasteiger partial charge on any atom is 0.275 e. The molecule has 2 aromatic carbocycles. The molecule has 1 atom stereocenters. The maximum absolute atomic E-state index is 14.5. The Morgan fingerprint density at radius 1 is 1.09 bits per heavy atom. The van der Waals surface area contributed by atoms with Gasteiger partial charge in [0.05, 0.1) is 12.6 Å². The molecule has 0 unspecified atom stereocenters. The van der Waals surface area contributed by atoms with E-state index in [0.717, 1.165) is 49.7 Å². The minimum absolute atomic E-state index is 0.0534. The van der Waals surface area contributed by atoms with Gasteiger partial charge in [0.25, 0.3) is 11.8 Å². The highest BCUT2D eigenvalue weighted by Gasteiger charge is 2.52. The second kappa shape index (κ2) is 12.4. The molecule has 1 aliphatic heterocycles. The molecule has 1 spiro atoms. The van der Waals surface area contributed by atoms with Crippen LogP contribution in [0.4, 0.5) is 0 Å². The summed E-state index contributed by atoms with van der Waals surface area (Å²) in [6.07, 6.45) is 5.33. The van der Waals surface area contributed by atoms with E-state index in [1.54, 1.807) is 0 Å². The van der Waals surface area contributed by atoms with Crippen LogP contribution in [0.1, 0.15) is 113 Å². The van der Waals surface area contributed by atoms with Crippen LogP contribution in [0.25, 0.3) is 0 Å². The standard InChI is InChI=1S/C34H44ClN7O2/c1-32(2,3)17-16-27(22-10-12-23(13-11-22)30(43)36-21-28-38-40-41-39-28)42-31(44)29(24-8-7-9-26(35)20-24)37-34(42)18-14-25(15-19-34)33(4,5)6/h7-13,20,25,27H,14-19,21H2,1-6H3,(H,36,43)(H,38,39,40,41)/t25?,27-,34?/m1/s1. The zero-order chi connectivity index (χ0) is 31.7. The normalized spacial score (nSPS) is 21.4. The summed E-state index contributed by atoms with van der Waals surface area (Å²) in [5, 5.41) is 17.1. The Morgan fingerprint density at radius 3 is 2.39 bits per heavy atom. The highest BCUT2D eigenvalue weighted by molar-refractivity contribution is 6.47. The van der Waals surface area contributed by atoms with E-state index in [1.165, 1.54) is 0 Å². The molecule has 2 heterocycles. The Hall–Kier alpha value is -3.59. The van der Waals surface area contributed by atoms with Gasteiger partial charge in [-0.15, -0.1) is 10.2 Å². The highest BCUT2D eigenvalue weighted by Crippen LogP contribution is 2.50. The van der Waals surface area contributed by atoms with Crippen molar-refractivity contribution in [2.45, 2.75) is 98.3 Å². The summed E-state index contributed by atoms with van der Waals surface area (Å²) in [5.74, 6) is 0.691. The van der Waals surface area contributed by atoms with Gasteiger partial charge in [-0.2, -0.15) is 5.21 Å². The van der Waals surface area contributed by atoms with Crippen molar-refractivity contribution in [2.24, 2.45) is 21.7 Å². The van der Waals surface area contributed by atoms with Gasteiger partial charge < -0.3 is 10.2 Å². The maximum atomic E-state index is 14.5. The zero-order valence-corrected chi connectivity index (χ0v) is 27.4. The van der Waals surface area contributed by atoms with E-state index < -0.39 is 5.66 Å². The minimum atomic E-state index is -0.625. The number of nitrogens with one attached hydrogen (secondary N) is 2. The van der Waals surface area contributed by atoms with Gasteiger partial charge in [0.2, 0.25) is 0 Å². The molecular weight excluding hydrogens is 574 g/mol. The molecule has 0 bridgehead atoms. The van der Waals surface area contributed by atoms with Crippen LogP contribution >= 0.6 is 11.6 Å². The lowest BCUT2D eigenvalue weighted by atomic mass is 9.69. The first kappa shape index (κ1) is 31.8. The monoisotopic (exact) mass is 617 g/mol. The molecule has 1 aliphatic carbocycles. The number of H-pyrrole nitrogens is 1. The fourth-order valence-electron chi connectivity index (χ4n) is 6.56. The fourth-order valence-corrected chi connectivity index (χ4v) is 6.75. The number of aromatic nitrogens is 4. The summed E-state index contributed by atoms with van der Waals surface area (Å²) in [5.41, 5.74) is 2.41. The Morgan fingerprint density at radius 2 is 1.80 bits per heavy atom. The summed E-state index contributed by atoms with van der Waals surface area (Å²) >= 11 is 6.38. The first-order chi connectivity index (χ1) is 20.8. The van der Waals surface area contributed by atoms with Crippen LogP contribution < -0.4 is 5.32 Å². The lowest BCUT2D eigenvalue weighted by Crippen LogP contribution is -2.51. The smallest absolute Gasteiger partial charge is 0.275 e. The van der Waals surface area contributed by atoms with Crippen LogP contribution in [0, 0.1) is 16.7 Å². The molecule has 1 aromatic heterocycles. The van der Waals surface area contributed by atoms with Crippen molar-refractivity contribution in [3.05, 3.63) is 76.1 Å². The molecule has 0 radical (unpaired) electrons. The number of rotatable bonds is 8. The van der Waals surface area contributed by atoms with Crippen molar-refractivity contribution in [3.63, 3.8) is 0 Å². The van der Waals surface area contributed by atoms with E-state index in [2.05, 4.69) is 72.4 Å². The first-order valence-corrected chi connectivity index (χ1v) is 15.9. The number of aromatic amines is 1. The Kier molecular flexibility index (Phi) is 8.99. The molecule has 234 valence electrons. The van der Waals surface area contributed by atoms with E-state index in [1.807, 2.05) is 48.5 Å². The molecule has 1 fully saturated rings. The third-order valence-corrected chi connectivity index (χ3v) is 9.37. The van der Waals surface area contributed by atoms with Gasteiger partial charge in [-0.1, -0.05) is 82.6 Å². The summed E-state index contributed by atoms with van der Waals surface area (Å²) in [7, 11) is 0. The van der Waals surface area contributed by atoms with Crippen LogP contribution in [0.5, 0.6) is 0 Å². The molecule has 10 heteroatoms. The van der Waals surface area contributed by atoms with Crippen molar-refractivity contribution in [1.82, 2.24) is 30.8 Å². The molecule has 2 aliphatic rings. The molecule has 44 heavy (non-hydrogen) atoms. The molecular formula is C34H44ClN7O2. The molecule has 1 saturated carbocycles. The Bertz CT molecular complexity index is 1500. The predicted octanol–water partition coefficient (Wildman–Crippen LogP) is 6.91. The number of carbonyl (C=O) groups is 2. The lowest BCUT2D eigenvalue weighted by molar-refractivity contribution is -0.134. The number of carbonyl (C=O) groups excluding carboxylic acids is 2. The average Bonchev–Trinajstić information content (AvgIpc) is 3.58. The van der Waals surface area contributed by atoms with Crippen LogP contribution in [0.2, 0.25) is 5.02 Å². The Labute approximate surface area is 265 Å². The van der Waals surface area contributed by atoms with Gasteiger partial charge in [-0.3, -0.25) is 14.6 Å². The number of hydrogen-bond donors (Lipinski definition) is 2. The van der Waals surface area contributed by atoms with Crippen molar-refractivity contribution < 1.29 is 9.59 Å². The fraction of sp³-hybridized carbons (Fsp3) is 0.529. The highest BCUT2D eigenvalue weighted by atomic mass is 35.5. The van der Waals surface area contributed by atoms with Gasteiger partial charge in [-0.05, 0) is 85.1 Å². The number of benzene rings is 2. The van der Waals surface area contributed by atoms with Crippen LogP contribution in [0.15, 0.2) is 53.5 Å². The van der Waals surface area contributed by atoms with E-state index in [4.69, 9.17) is 16.6 Å². The number of tetrazole rings is 1. The molecule has 5 rings (SSSR count). The molecule has 9 nitrogen and oxygen atoms in total. The van der Waals surface area contributed by atoms with Gasteiger partial charge in [0.15, 0.2) is 5.82 Å². The van der Waals surface area contributed by atoms with E-state index in [-0.39, 0.29) is 35.2 Å².